The van der Waals surface area contributed by atoms with Gasteiger partial charge in [0.15, 0.2) is 0 Å². The van der Waals surface area contributed by atoms with Gasteiger partial charge in [0.2, 0.25) is 0 Å². The van der Waals surface area contributed by atoms with Gasteiger partial charge in [0, 0.05) is 16.6 Å². The molecular formula is C17H19ClN2O3S. The van der Waals surface area contributed by atoms with Crippen molar-refractivity contribution >= 4 is 33.2 Å². The maximum absolute atomic E-state index is 12.6. The third-order valence-corrected chi connectivity index (χ3v) is 4.86. The minimum atomic E-state index is -3.81. The van der Waals surface area contributed by atoms with Crippen LogP contribution in [-0.2, 0) is 10.0 Å². The fraction of sp³-hybridized carbons (Fsp3) is 0.235. The molecule has 24 heavy (non-hydrogen) atoms. The van der Waals surface area contributed by atoms with Crippen molar-refractivity contribution in [1.82, 2.24) is 5.32 Å². The first kappa shape index (κ1) is 18.3. The molecule has 0 saturated heterocycles. The Morgan fingerprint density at radius 3 is 2.46 bits per heavy atom. The molecule has 0 radical (unpaired) electrons. The SMILES string of the molecule is Cc1cc(Cl)ccc1NS(=O)(=O)c1cccc(C(=O)NC(C)C)c1. The summed E-state index contributed by atoms with van der Waals surface area (Å²) in [5.74, 6) is -0.315. The van der Waals surface area contributed by atoms with Crippen LogP contribution in [0.25, 0.3) is 0 Å². The van der Waals surface area contributed by atoms with Crippen molar-refractivity contribution < 1.29 is 13.2 Å². The summed E-state index contributed by atoms with van der Waals surface area (Å²) in [4.78, 5) is 12.1. The quantitative estimate of drug-likeness (QED) is 0.849. The van der Waals surface area contributed by atoms with Gasteiger partial charge in [-0.3, -0.25) is 9.52 Å². The highest BCUT2D eigenvalue weighted by Crippen LogP contribution is 2.23. The Balaban J connectivity index is 2.31. The van der Waals surface area contributed by atoms with E-state index >= 15 is 0 Å². The Labute approximate surface area is 147 Å². The molecule has 0 aliphatic rings. The predicted octanol–water partition coefficient (Wildman–Crippen LogP) is 3.59. The smallest absolute Gasteiger partial charge is 0.261 e. The minimum Gasteiger partial charge on any atom is -0.350 e. The lowest BCUT2D eigenvalue weighted by Gasteiger charge is -2.12. The summed E-state index contributed by atoms with van der Waals surface area (Å²) in [5, 5.41) is 3.26. The lowest BCUT2D eigenvalue weighted by molar-refractivity contribution is 0.0943. The number of sulfonamides is 1. The number of nitrogens with one attached hydrogen (secondary N) is 2. The molecule has 0 bridgehead atoms. The van der Waals surface area contributed by atoms with Gasteiger partial charge in [0.1, 0.15) is 0 Å². The molecule has 2 N–H and O–H groups in total. The molecule has 2 aromatic rings. The molecule has 2 aromatic carbocycles. The molecule has 0 saturated carbocycles. The highest BCUT2D eigenvalue weighted by atomic mass is 35.5. The van der Waals surface area contributed by atoms with Crippen molar-refractivity contribution in [2.45, 2.75) is 31.7 Å². The van der Waals surface area contributed by atoms with E-state index in [0.717, 1.165) is 0 Å². The van der Waals surface area contributed by atoms with Crippen molar-refractivity contribution in [3.63, 3.8) is 0 Å². The van der Waals surface area contributed by atoms with Crippen molar-refractivity contribution in [3.05, 3.63) is 58.6 Å². The molecule has 0 heterocycles. The molecule has 0 aliphatic carbocycles. The zero-order valence-electron chi connectivity index (χ0n) is 13.6. The van der Waals surface area contributed by atoms with Crippen LogP contribution in [-0.4, -0.2) is 20.4 Å². The van der Waals surface area contributed by atoms with Crippen LogP contribution < -0.4 is 10.0 Å². The molecule has 7 heteroatoms. The monoisotopic (exact) mass is 366 g/mol. The van der Waals surface area contributed by atoms with Gasteiger partial charge in [0.25, 0.3) is 15.9 Å². The zero-order valence-corrected chi connectivity index (χ0v) is 15.2. The number of benzene rings is 2. The molecule has 5 nitrogen and oxygen atoms in total. The largest absolute Gasteiger partial charge is 0.350 e. The average molecular weight is 367 g/mol. The molecule has 0 spiro atoms. The number of hydrogen-bond acceptors (Lipinski definition) is 3. The summed E-state index contributed by atoms with van der Waals surface area (Å²) in [5.41, 5.74) is 1.44. The Morgan fingerprint density at radius 2 is 1.83 bits per heavy atom. The maximum atomic E-state index is 12.6. The minimum absolute atomic E-state index is 0.0215. The van der Waals surface area contributed by atoms with Crippen LogP contribution in [0.5, 0.6) is 0 Å². The van der Waals surface area contributed by atoms with Crippen molar-refractivity contribution in [3.8, 4) is 0 Å². The Hall–Kier alpha value is -2.05. The molecular weight excluding hydrogens is 348 g/mol. The van der Waals surface area contributed by atoms with Crippen LogP contribution in [0.3, 0.4) is 0 Å². The van der Waals surface area contributed by atoms with Gasteiger partial charge in [0.05, 0.1) is 10.6 Å². The summed E-state index contributed by atoms with van der Waals surface area (Å²) < 4.78 is 27.6. The average Bonchev–Trinajstić information content (AvgIpc) is 2.49. The highest BCUT2D eigenvalue weighted by Gasteiger charge is 2.17. The van der Waals surface area contributed by atoms with Crippen molar-refractivity contribution in [2.24, 2.45) is 0 Å². The van der Waals surface area contributed by atoms with Gasteiger partial charge in [-0.1, -0.05) is 17.7 Å². The van der Waals surface area contributed by atoms with E-state index in [1.165, 1.54) is 12.1 Å². The van der Waals surface area contributed by atoms with E-state index < -0.39 is 10.0 Å². The normalized spacial score (nSPS) is 11.4. The summed E-state index contributed by atoms with van der Waals surface area (Å²) in [6.45, 7) is 5.43. The first-order valence-electron chi connectivity index (χ1n) is 7.39. The number of rotatable bonds is 5. The Morgan fingerprint density at radius 1 is 1.12 bits per heavy atom. The number of carbonyl (C=O) groups is 1. The summed E-state index contributed by atoms with van der Waals surface area (Å²) in [6, 6.07) is 10.8. The van der Waals surface area contributed by atoms with Crippen LogP contribution >= 0.6 is 11.6 Å². The summed E-state index contributed by atoms with van der Waals surface area (Å²) in [7, 11) is -3.81. The van der Waals surface area contributed by atoms with Gasteiger partial charge in [-0.25, -0.2) is 8.42 Å². The van der Waals surface area contributed by atoms with Gasteiger partial charge in [-0.05, 0) is 62.7 Å². The predicted molar refractivity (Wildman–Crippen MR) is 96.0 cm³/mol. The fourth-order valence-corrected chi connectivity index (χ4v) is 3.50. The second kappa shape index (κ2) is 7.23. The van der Waals surface area contributed by atoms with E-state index in [1.807, 2.05) is 13.8 Å². The number of amides is 1. The lowest BCUT2D eigenvalue weighted by atomic mass is 10.2. The second-order valence-electron chi connectivity index (χ2n) is 5.72. The third-order valence-electron chi connectivity index (χ3n) is 3.26. The third kappa shape index (κ3) is 4.49. The molecule has 2 rings (SSSR count). The molecule has 0 aliphatic heterocycles. The fourth-order valence-electron chi connectivity index (χ4n) is 2.10. The van der Waals surface area contributed by atoms with E-state index in [-0.39, 0.29) is 16.8 Å². The lowest BCUT2D eigenvalue weighted by Crippen LogP contribution is -2.30. The molecule has 128 valence electrons. The van der Waals surface area contributed by atoms with E-state index in [2.05, 4.69) is 10.0 Å². The number of hydrogen-bond donors (Lipinski definition) is 2. The first-order chi connectivity index (χ1) is 11.2. The topological polar surface area (TPSA) is 75.3 Å². The molecule has 0 unspecified atom stereocenters. The van der Waals surface area contributed by atoms with Crippen LogP contribution in [0.4, 0.5) is 5.69 Å². The van der Waals surface area contributed by atoms with Crippen LogP contribution in [0.15, 0.2) is 47.4 Å². The number of aryl methyl sites for hydroxylation is 1. The maximum Gasteiger partial charge on any atom is 0.261 e. The van der Waals surface area contributed by atoms with E-state index in [4.69, 9.17) is 11.6 Å². The number of carbonyl (C=O) groups excluding carboxylic acids is 1. The standard InChI is InChI=1S/C17H19ClN2O3S/c1-11(2)19-17(21)13-5-4-6-15(10-13)24(22,23)20-16-8-7-14(18)9-12(16)3/h4-11,20H,1-3H3,(H,19,21). The Kier molecular flexibility index (Phi) is 5.51. The molecule has 0 atom stereocenters. The second-order valence-corrected chi connectivity index (χ2v) is 7.84. The number of anilines is 1. The van der Waals surface area contributed by atoms with Gasteiger partial charge in [-0.2, -0.15) is 0 Å². The summed E-state index contributed by atoms with van der Waals surface area (Å²) in [6.07, 6.45) is 0. The summed E-state index contributed by atoms with van der Waals surface area (Å²) >= 11 is 5.88. The van der Waals surface area contributed by atoms with Crippen LogP contribution in [0, 0.1) is 6.92 Å². The van der Waals surface area contributed by atoms with Crippen molar-refractivity contribution in [2.75, 3.05) is 4.72 Å². The van der Waals surface area contributed by atoms with Gasteiger partial charge < -0.3 is 5.32 Å². The van der Waals surface area contributed by atoms with Gasteiger partial charge in [-0.15, -0.1) is 0 Å². The molecule has 1 amide bonds. The van der Waals surface area contributed by atoms with Gasteiger partial charge >= 0.3 is 0 Å². The molecule has 0 fully saturated rings. The highest BCUT2D eigenvalue weighted by molar-refractivity contribution is 7.92. The van der Waals surface area contributed by atoms with E-state index in [0.29, 0.717) is 21.8 Å². The van der Waals surface area contributed by atoms with E-state index in [9.17, 15) is 13.2 Å². The number of halogens is 1. The van der Waals surface area contributed by atoms with Crippen LogP contribution in [0.1, 0.15) is 29.8 Å². The first-order valence-corrected chi connectivity index (χ1v) is 9.25. The van der Waals surface area contributed by atoms with Crippen LogP contribution in [0.2, 0.25) is 5.02 Å². The Bertz CT molecular complexity index is 864. The van der Waals surface area contributed by atoms with E-state index in [1.54, 1.807) is 37.3 Å². The molecule has 0 aromatic heterocycles. The zero-order chi connectivity index (χ0) is 17.9. The van der Waals surface area contributed by atoms with Crippen molar-refractivity contribution in [1.29, 1.82) is 0 Å².